The molecule has 0 spiro atoms. The van der Waals surface area contributed by atoms with Crippen LogP contribution in [0.3, 0.4) is 0 Å². The van der Waals surface area contributed by atoms with Crippen molar-refractivity contribution >= 4 is 62.8 Å². The zero-order valence-corrected chi connectivity index (χ0v) is 20.5. The van der Waals surface area contributed by atoms with E-state index in [0.29, 0.717) is 16.3 Å². The summed E-state index contributed by atoms with van der Waals surface area (Å²) in [5.74, 6) is -1.16. The maximum absolute atomic E-state index is 13.2. The standard InChI is InChI=1S/C24H23BrClN3O3/c1-13-12-24(2,3)28(4)20-11-19(26)14(9-17(13)20)10-18-21(30)27-23(32)29(22(18)31)16-7-5-15(25)6-8-16/h5-11,13H,12H2,1-4H3,(H,27,30,32)/b18-10+/t13-/m0/s1. The lowest BCUT2D eigenvalue weighted by Gasteiger charge is -2.45. The molecule has 0 aromatic heterocycles. The predicted octanol–water partition coefficient (Wildman–Crippen LogP) is 5.49. The van der Waals surface area contributed by atoms with Crippen LogP contribution in [0.25, 0.3) is 6.08 Å². The Hall–Kier alpha value is -2.64. The van der Waals surface area contributed by atoms with Gasteiger partial charge in [-0.25, -0.2) is 9.69 Å². The second kappa shape index (κ2) is 8.05. The Labute approximate surface area is 200 Å². The summed E-state index contributed by atoms with van der Waals surface area (Å²) in [5, 5.41) is 2.68. The topological polar surface area (TPSA) is 69.7 Å². The van der Waals surface area contributed by atoms with E-state index in [0.717, 1.165) is 27.0 Å². The number of nitrogens with zero attached hydrogens (tertiary/aromatic N) is 2. The number of carbonyl (C=O) groups excluding carboxylic acids is 3. The van der Waals surface area contributed by atoms with Gasteiger partial charge in [-0.3, -0.25) is 14.9 Å². The van der Waals surface area contributed by atoms with Crippen LogP contribution in [0, 0.1) is 0 Å². The molecule has 0 aliphatic carbocycles. The Morgan fingerprint density at radius 3 is 2.47 bits per heavy atom. The number of barbiturate groups is 1. The highest BCUT2D eigenvalue weighted by atomic mass is 79.9. The van der Waals surface area contributed by atoms with Crippen LogP contribution in [0.2, 0.25) is 5.02 Å². The molecule has 8 heteroatoms. The third-order valence-corrected chi connectivity index (χ3v) is 7.09. The fourth-order valence-corrected chi connectivity index (χ4v) is 4.83. The number of rotatable bonds is 2. The summed E-state index contributed by atoms with van der Waals surface area (Å²) in [5.41, 5.74) is 2.91. The SMILES string of the molecule is C[C@H]1CC(C)(C)N(C)c2cc(Cl)c(/C=C3\C(=O)NC(=O)N(c4ccc(Br)cc4)C3=O)cc21. The van der Waals surface area contributed by atoms with Crippen LogP contribution < -0.4 is 15.1 Å². The van der Waals surface area contributed by atoms with E-state index in [1.807, 2.05) is 19.2 Å². The maximum atomic E-state index is 13.2. The van der Waals surface area contributed by atoms with Crippen molar-refractivity contribution < 1.29 is 14.4 Å². The lowest BCUT2D eigenvalue weighted by Crippen LogP contribution is -2.54. The summed E-state index contributed by atoms with van der Waals surface area (Å²) >= 11 is 9.91. The normalized spacial score (nSPS) is 21.6. The molecule has 0 unspecified atom stereocenters. The minimum absolute atomic E-state index is 0.0134. The summed E-state index contributed by atoms with van der Waals surface area (Å²) < 4.78 is 0.807. The van der Waals surface area contributed by atoms with E-state index in [4.69, 9.17) is 11.6 Å². The van der Waals surface area contributed by atoms with Crippen molar-refractivity contribution in [2.45, 2.75) is 38.6 Å². The molecular formula is C24H23BrClN3O3. The molecule has 1 atom stereocenters. The van der Waals surface area contributed by atoms with Gasteiger partial charge >= 0.3 is 6.03 Å². The number of hydrogen-bond acceptors (Lipinski definition) is 4. The van der Waals surface area contributed by atoms with Gasteiger partial charge in [-0.05, 0) is 79.8 Å². The van der Waals surface area contributed by atoms with Crippen LogP contribution in [-0.2, 0) is 9.59 Å². The van der Waals surface area contributed by atoms with Gasteiger partial charge in [0.05, 0.1) is 5.69 Å². The summed E-state index contributed by atoms with van der Waals surface area (Å²) in [6.07, 6.45) is 2.42. The highest BCUT2D eigenvalue weighted by Gasteiger charge is 2.38. The first-order valence-electron chi connectivity index (χ1n) is 10.2. The van der Waals surface area contributed by atoms with Crippen molar-refractivity contribution in [2.75, 3.05) is 16.8 Å². The quantitative estimate of drug-likeness (QED) is 0.423. The average Bonchev–Trinajstić information content (AvgIpc) is 2.71. The van der Waals surface area contributed by atoms with Gasteiger partial charge in [-0.1, -0.05) is 34.5 Å². The van der Waals surface area contributed by atoms with E-state index in [9.17, 15) is 14.4 Å². The molecule has 1 fully saturated rings. The van der Waals surface area contributed by atoms with E-state index < -0.39 is 17.8 Å². The summed E-state index contributed by atoms with van der Waals surface area (Å²) in [6.45, 7) is 6.54. The van der Waals surface area contributed by atoms with Gasteiger partial charge in [0.25, 0.3) is 11.8 Å². The number of nitrogens with one attached hydrogen (secondary N) is 1. The van der Waals surface area contributed by atoms with Gasteiger partial charge in [-0.15, -0.1) is 0 Å². The number of carbonyl (C=O) groups is 3. The Kier molecular flexibility index (Phi) is 5.67. The van der Waals surface area contributed by atoms with E-state index in [1.54, 1.807) is 24.3 Å². The molecule has 0 saturated carbocycles. The number of imide groups is 2. The summed E-state index contributed by atoms with van der Waals surface area (Å²) in [4.78, 5) is 41.3. The maximum Gasteiger partial charge on any atom is 0.335 e. The number of benzene rings is 2. The Morgan fingerprint density at radius 2 is 1.81 bits per heavy atom. The second-order valence-corrected chi connectivity index (χ2v) is 10.2. The van der Waals surface area contributed by atoms with Crippen molar-refractivity contribution in [1.29, 1.82) is 0 Å². The van der Waals surface area contributed by atoms with E-state index in [1.165, 1.54) is 6.08 Å². The minimum atomic E-state index is -0.784. The van der Waals surface area contributed by atoms with Crippen LogP contribution in [-0.4, -0.2) is 30.4 Å². The van der Waals surface area contributed by atoms with E-state index >= 15 is 0 Å². The predicted molar refractivity (Wildman–Crippen MR) is 130 cm³/mol. The zero-order valence-electron chi connectivity index (χ0n) is 18.2. The number of anilines is 2. The lowest BCUT2D eigenvalue weighted by atomic mass is 9.80. The Bertz CT molecular complexity index is 1170. The number of halogens is 2. The number of urea groups is 1. The van der Waals surface area contributed by atoms with Crippen LogP contribution >= 0.6 is 27.5 Å². The fraction of sp³-hybridized carbons (Fsp3) is 0.292. The monoisotopic (exact) mass is 515 g/mol. The second-order valence-electron chi connectivity index (χ2n) is 8.84. The van der Waals surface area contributed by atoms with Crippen molar-refractivity contribution in [3.63, 3.8) is 0 Å². The van der Waals surface area contributed by atoms with E-state index in [-0.39, 0.29) is 17.0 Å². The van der Waals surface area contributed by atoms with Gasteiger partial charge in [0.1, 0.15) is 5.57 Å². The third kappa shape index (κ3) is 3.84. The largest absolute Gasteiger partial charge is 0.369 e. The molecule has 6 nitrogen and oxygen atoms in total. The Morgan fingerprint density at radius 1 is 1.16 bits per heavy atom. The average molecular weight is 517 g/mol. The molecule has 0 radical (unpaired) electrons. The van der Waals surface area contributed by atoms with Crippen LogP contribution in [0.15, 0.2) is 46.4 Å². The zero-order chi connectivity index (χ0) is 23.4. The first-order valence-corrected chi connectivity index (χ1v) is 11.4. The van der Waals surface area contributed by atoms with Gasteiger partial charge < -0.3 is 4.90 Å². The van der Waals surface area contributed by atoms with Crippen molar-refractivity contribution in [3.8, 4) is 0 Å². The van der Waals surface area contributed by atoms with Gasteiger partial charge in [0.2, 0.25) is 0 Å². The van der Waals surface area contributed by atoms with Crippen molar-refractivity contribution in [2.24, 2.45) is 0 Å². The molecule has 4 amide bonds. The van der Waals surface area contributed by atoms with Gasteiger partial charge in [-0.2, -0.15) is 0 Å². The molecule has 32 heavy (non-hydrogen) atoms. The highest BCUT2D eigenvalue weighted by molar-refractivity contribution is 9.10. The fourth-order valence-electron chi connectivity index (χ4n) is 4.35. The molecule has 2 aromatic rings. The first kappa shape index (κ1) is 22.6. The molecule has 2 aromatic carbocycles. The van der Waals surface area contributed by atoms with Crippen LogP contribution in [0.4, 0.5) is 16.2 Å². The molecule has 1 N–H and O–H groups in total. The van der Waals surface area contributed by atoms with Gasteiger partial charge in [0, 0.05) is 27.8 Å². The molecule has 0 bridgehead atoms. The number of amides is 4. The summed E-state index contributed by atoms with van der Waals surface area (Å²) in [6, 6.07) is 9.71. The lowest BCUT2D eigenvalue weighted by molar-refractivity contribution is -0.122. The number of hydrogen-bond donors (Lipinski definition) is 1. The molecule has 2 heterocycles. The van der Waals surface area contributed by atoms with E-state index in [2.05, 4.69) is 46.9 Å². The first-order chi connectivity index (χ1) is 15.0. The molecule has 2 aliphatic heterocycles. The van der Waals surface area contributed by atoms with Crippen LogP contribution in [0.1, 0.15) is 44.2 Å². The molecule has 166 valence electrons. The highest BCUT2D eigenvalue weighted by Crippen LogP contribution is 2.44. The third-order valence-electron chi connectivity index (χ3n) is 6.24. The molecule has 2 aliphatic rings. The molecular weight excluding hydrogens is 494 g/mol. The smallest absolute Gasteiger partial charge is 0.335 e. The van der Waals surface area contributed by atoms with Crippen molar-refractivity contribution in [1.82, 2.24) is 5.32 Å². The molecule has 4 rings (SSSR count). The summed E-state index contributed by atoms with van der Waals surface area (Å²) in [7, 11) is 2.04. The Balaban J connectivity index is 1.77. The minimum Gasteiger partial charge on any atom is -0.369 e. The molecule has 1 saturated heterocycles. The van der Waals surface area contributed by atoms with Crippen LogP contribution in [0.5, 0.6) is 0 Å². The number of fused-ring (bicyclic) bond motifs is 1. The van der Waals surface area contributed by atoms with Gasteiger partial charge in [0.15, 0.2) is 0 Å². The van der Waals surface area contributed by atoms with Crippen molar-refractivity contribution in [3.05, 3.63) is 62.6 Å².